The lowest BCUT2D eigenvalue weighted by atomic mass is 10.4. The van der Waals surface area contributed by atoms with E-state index in [2.05, 4.69) is 15.3 Å². The number of rotatable bonds is 10. The Kier molecular flexibility index (Phi) is 7.38. The molecule has 1 N–H and O–H groups in total. The monoisotopic (exact) mass is 316 g/mol. The predicted molar refractivity (Wildman–Crippen MR) is 83.0 cm³/mol. The van der Waals surface area contributed by atoms with E-state index >= 15 is 0 Å². The topological polar surface area (TPSA) is 84.4 Å². The summed E-state index contributed by atoms with van der Waals surface area (Å²) >= 11 is 0. The average molecular weight is 316 g/mol. The van der Waals surface area contributed by atoms with Gasteiger partial charge in [-0.05, 0) is 12.8 Å². The number of nitrogens with one attached hydrogen (secondary N) is 1. The Hall–Kier alpha value is -1.41. The van der Waals surface area contributed by atoms with Crippen molar-refractivity contribution in [3.63, 3.8) is 0 Å². The Morgan fingerprint density at radius 3 is 2.71 bits per heavy atom. The molecule has 21 heavy (non-hydrogen) atoms. The smallest absolute Gasteiger partial charge is 0.218 e. The lowest BCUT2D eigenvalue weighted by Crippen LogP contribution is -2.31. The van der Waals surface area contributed by atoms with Gasteiger partial charge in [0.15, 0.2) is 0 Å². The molecule has 0 spiro atoms. The summed E-state index contributed by atoms with van der Waals surface area (Å²) in [4.78, 5) is 8.12. The zero-order chi connectivity index (χ0) is 15.7. The van der Waals surface area contributed by atoms with Crippen LogP contribution in [0.5, 0.6) is 5.88 Å². The first-order valence-electron chi connectivity index (χ1n) is 7.11. The third kappa shape index (κ3) is 6.72. The van der Waals surface area contributed by atoms with E-state index in [4.69, 9.17) is 4.74 Å². The van der Waals surface area contributed by atoms with Crippen molar-refractivity contribution in [2.45, 2.75) is 26.7 Å². The highest BCUT2D eigenvalue weighted by Crippen LogP contribution is 2.11. The average Bonchev–Trinajstić information content (AvgIpc) is 2.44. The summed E-state index contributed by atoms with van der Waals surface area (Å²) in [7, 11) is -3.12. The summed E-state index contributed by atoms with van der Waals surface area (Å²) in [6.07, 6.45) is 4.30. The number of ether oxygens (including phenoxy) is 1. The largest absolute Gasteiger partial charge is 0.478 e. The summed E-state index contributed by atoms with van der Waals surface area (Å²) in [5.74, 6) is 1.22. The van der Waals surface area contributed by atoms with Gasteiger partial charge >= 0.3 is 0 Å². The Labute approximate surface area is 126 Å². The number of hydrogen-bond donors (Lipinski definition) is 1. The summed E-state index contributed by atoms with van der Waals surface area (Å²) in [5, 5.41) is 3.14. The van der Waals surface area contributed by atoms with E-state index < -0.39 is 10.0 Å². The fourth-order valence-corrected chi connectivity index (χ4v) is 2.68. The van der Waals surface area contributed by atoms with E-state index in [0.717, 1.165) is 6.42 Å². The maximum Gasteiger partial charge on any atom is 0.218 e. The molecule has 0 aliphatic heterocycles. The van der Waals surface area contributed by atoms with Crippen LogP contribution < -0.4 is 10.1 Å². The van der Waals surface area contributed by atoms with Crippen LogP contribution in [-0.4, -0.2) is 55.2 Å². The third-order valence-electron chi connectivity index (χ3n) is 2.81. The summed E-state index contributed by atoms with van der Waals surface area (Å²) in [6, 6.07) is 1.74. The molecule has 1 aromatic heterocycles. The molecule has 0 aliphatic carbocycles. The zero-order valence-electron chi connectivity index (χ0n) is 12.9. The summed E-state index contributed by atoms with van der Waals surface area (Å²) in [5.41, 5.74) is 0. The van der Waals surface area contributed by atoms with Gasteiger partial charge in [0.25, 0.3) is 0 Å². The highest BCUT2D eigenvalue weighted by Gasteiger charge is 2.13. The van der Waals surface area contributed by atoms with Gasteiger partial charge in [0.1, 0.15) is 12.1 Å². The Morgan fingerprint density at radius 2 is 2.10 bits per heavy atom. The second kappa shape index (κ2) is 8.78. The van der Waals surface area contributed by atoms with Gasteiger partial charge in [-0.2, -0.15) is 0 Å². The number of aromatic nitrogens is 2. The van der Waals surface area contributed by atoms with Crippen molar-refractivity contribution in [2.24, 2.45) is 0 Å². The van der Waals surface area contributed by atoms with Crippen LogP contribution in [0, 0.1) is 0 Å². The number of hydrogen-bond acceptors (Lipinski definition) is 6. The normalized spacial score (nSPS) is 11.6. The van der Waals surface area contributed by atoms with Gasteiger partial charge < -0.3 is 10.1 Å². The van der Waals surface area contributed by atoms with Crippen molar-refractivity contribution >= 4 is 15.8 Å². The van der Waals surface area contributed by atoms with Gasteiger partial charge in [-0.3, -0.25) is 0 Å². The van der Waals surface area contributed by atoms with Gasteiger partial charge in [0, 0.05) is 25.7 Å². The molecule has 0 atom stereocenters. The molecule has 0 aliphatic rings. The second-order valence-corrected chi connectivity index (χ2v) is 6.61. The van der Waals surface area contributed by atoms with Crippen molar-refractivity contribution < 1.29 is 13.2 Å². The van der Waals surface area contributed by atoms with Gasteiger partial charge in [-0.25, -0.2) is 22.7 Å². The van der Waals surface area contributed by atoms with E-state index in [1.807, 2.05) is 13.8 Å². The molecule has 0 aromatic carbocycles. The van der Waals surface area contributed by atoms with E-state index in [0.29, 0.717) is 44.4 Å². The van der Waals surface area contributed by atoms with E-state index in [1.54, 1.807) is 6.07 Å². The van der Waals surface area contributed by atoms with Gasteiger partial charge in [0.2, 0.25) is 15.9 Å². The maximum atomic E-state index is 11.4. The number of sulfonamides is 1. The molecule has 0 bridgehead atoms. The zero-order valence-corrected chi connectivity index (χ0v) is 13.7. The Morgan fingerprint density at radius 1 is 1.33 bits per heavy atom. The molecule has 7 nitrogen and oxygen atoms in total. The molecule has 120 valence electrons. The molecular formula is C13H24N4O3S. The molecule has 0 fully saturated rings. The maximum absolute atomic E-state index is 11.4. The van der Waals surface area contributed by atoms with Crippen molar-refractivity contribution in [3.8, 4) is 5.88 Å². The molecular weight excluding hydrogens is 292 g/mol. The van der Waals surface area contributed by atoms with Crippen molar-refractivity contribution in [3.05, 3.63) is 12.4 Å². The summed E-state index contributed by atoms with van der Waals surface area (Å²) < 4.78 is 29.8. The lowest BCUT2D eigenvalue weighted by molar-refractivity contribution is 0.305. The first-order valence-corrected chi connectivity index (χ1v) is 8.96. The van der Waals surface area contributed by atoms with Crippen LogP contribution in [0.25, 0.3) is 0 Å². The van der Waals surface area contributed by atoms with Crippen molar-refractivity contribution in [1.29, 1.82) is 0 Å². The molecule has 0 radical (unpaired) electrons. The van der Waals surface area contributed by atoms with E-state index in [1.165, 1.54) is 16.9 Å². The Balaban J connectivity index is 2.38. The van der Waals surface area contributed by atoms with Crippen LogP contribution >= 0.6 is 0 Å². The van der Waals surface area contributed by atoms with Crippen LogP contribution in [0.3, 0.4) is 0 Å². The molecule has 8 heteroatoms. The van der Waals surface area contributed by atoms with Crippen molar-refractivity contribution in [2.75, 3.05) is 37.8 Å². The molecule has 1 aromatic rings. The summed E-state index contributed by atoms with van der Waals surface area (Å²) in [6.45, 7) is 6.10. The third-order valence-corrected chi connectivity index (χ3v) is 4.19. The molecule has 0 unspecified atom stereocenters. The molecule has 1 rings (SSSR count). The van der Waals surface area contributed by atoms with Gasteiger partial charge in [0.05, 0.1) is 12.9 Å². The predicted octanol–water partition coefficient (Wildman–Crippen LogP) is 1.35. The van der Waals surface area contributed by atoms with Crippen LogP contribution in [-0.2, 0) is 10.0 Å². The van der Waals surface area contributed by atoms with Crippen LogP contribution in [0.15, 0.2) is 12.4 Å². The van der Waals surface area contributed by atoms with Crippen molar-refractivity contribution in [1.82, 2.24) is 14.3 Å². The number of anilines is 1. The first kappa shape index (κ1) is 17.6. The highest BCUT2D eigenvalue weighted by molar-refractivity contribution is 7.88. The second-order valence-electron chi connectivity index (χ2n) is 4.62. The Bertz CT molecular complexity index is 522. The van der Waals surface area contributed by atoms with Gasteiger partial charge in [-0.1, -0.05) is 13.8 Å². The minimum atomic E-state index is -3.12. The quantitative estimate of drug-likeness (QED) is 0.656. The first-order chi connectivity index (χ1) is 9.97. The SMILES string of the molecule is CCCOc1cc(NCCCN(CC)S(C)(=O)=O)ncn1. The van der Waals surface area contributed by atoms with Gasteiger partial charge in [-0.15, -0.1) is 0 Å². The molecule has 0 amide bonds. The van der Waals surface area contributed by atoms with E-state index in [9.17, 15) is 8.42 Å². The minimum Gasteiger partial charge on any atom is -0.478 e. The lowest BCUT2D eigenvalue weighted by Gasteiger charge is -2.17. The minimum absolute atomic E-state index is 0.487. The number of nitrogens with zero attached hydrogens (tertiary/aromatic N) is 3. The standard InChI is InChI=1S/C13H24N4O3S/c1-4-9-20-13-10-12(15-11-16-13)14-7-6-8-17(5-2)21(3,18)19/h10-11H,4-9H2,1-3H3,(H,14,15,16). The molecule has 0 saturated heterocycles. The fraction of sp³-hybridized carbons (Fsp3) is 0.692. The molecule has 1 heterocycles. The van der Waals surface area contributed by atoms with Crippen LogP contribution in [0.1, 0.15) is 26.7 Å². The van der Waals surface area contributed by atoms with Crippen LogP contribution in [0.2, 0.25) is 0 Å². The highest BCUT2D eigenvalue weighted by atomic mass is 32.2. The van der Waals surface area contributed by atoms with E-state index in [-0.39, 0.29) is 0 Å². The molecule has 0 saturated carbocycles. The van der Waals surface area contributed by atoms with Crippen LogP contribution in [0.4, 0.5) is 5.82 Å². The fourth-order valence-electron chi connectivity index (χ4n) is 1.75.